The zero-order valence-corrected chi connectivity index (χ0v) is 24.7. The molecule has 0 bridgehead atoms. The van der Waals surface area contributed by atoms with Crippen molar-refractivity contribution in [1.82, 2.24) is 14.7 Å². The molecule has 0 radical (unpaired) electrons. The first kappa shape index (κ1) is 31.0. The van der Waals surface area contributed by atoms with Gasteiger partial charge in [-0.05, 0) is 81.7 Å². The van der Waals surface area contributed by atoms with Gasteiger partial charge in [0.2, 0.25) is 0 Å². The van der Waals surface area contributed by atoms with E-state index in [0.29, 0.717) is 37.3 Å². The molecule has 0 atom stereocenters. The summed E-state index contributed by atoms with van der Waals surface area (Å²) in [6, 6.07) is 17.5. The summed E-state index contributed by atoms with van der Waals surface area (Å²) >= 11 is 0. The molecule has 9 nitrogen and oxygen atoms in total. The molecule has 1 aliphatic heterocycles. The van der Waals surface area contributed by atoms with Gasteiger partial charge in [0.1, 0.15) is 11.5 Å². The maximum Gasteiger partial charge on any atom is 0.252 e. The second-order valence-electron chi connectivity index (χ2n) is 11.4. The lowest BCUT2D eigenvalue weighted by Crippen LogP contribution is -2.36. The first-order valence-corrected chi connectivity index (χ1v) is 14.6. The number of benzene rings is 3. The number of amides is 2. The maximum atomic E-state index is 11.9. The van der Waals surface area contributed by atoms with Crippen LogP contribution >= 0.6 is 0 Å². The van der Waals surface area contributed by atoms with Crippen LogP contribution in [0.25, 0.3) is 0 Å². The van der Waals surface area contributed by atoms with Crippen LogP contribution in [0.1, 0.15) is 61.4 Å². The minimum Gasteiger partial charge on any atom is -0.507 e. The number of hydrogen-bond donors (Lipinski definition) is 4. The molecule has 6 N–H and O–H groups in total. The molecule has 0 aromatic heterocycles. The first-order chi connectivity index (χ1) is 20.1. The molecule has 2 amide bonds. The Bertz CT molecular complexity index is 1310. The average molecular weight is 574 g/mol. The van der Waals surface area contributed by atoms with Crippen LogP contribution in [0.5, 0.6) is 11.5 Å². The lowest BCUT2D eigenvalue weighted by Gasteiger charge is -2.28. The van der Waals surface area contributed by atoms with Gasteiger partial charge >= 0.3 is 0 Å². The predicted molar refractivity (Wildman–Crippen MR) is 164 cm³/mol. The van der Waals surface area contributed by atoms with Crippen molar-refractivity contribution < 1.29 is 19.8 Å². The molecule has 1 aliphatic rings. The van der Waals surface area contributed by atoms with Crippen molar-refractivity contribution in [2.75, 3.05) is 39.3 Å². The molecule has 9 heteroatoms. The summed E-state index contributed by atoms with van der Waals surface area (Å²) < 4.78 is 0. The van der Waals surface area contributed by atoms with Gasteiger partial charge in [0.25, 0.3) is 11.8 Å². The fourth-order valence-corrected chi connectivity index (χ4v) is 5.78. The van der Waals surface area contributed by atoms with E-state index in [0.717, 1.165) is 56.7 Å². The minimum absolute atomic E-state index is 0.0614. The molecular formula is C33H43N5O4. The third-order valence-corrected chi connectivity index (χ3v) is 7.86. The van der Waals surface area contributed by atoms with Gasteiger partial charge in [-0.15, -0.1) is 0 Å². The second-order valence-corrected chi connectivity index (χ2v) is 11.4. The SMILES string of the molecule is Cc1cc(CN2CCCN(Cc3ccccc3)CCCN(Cc3cc(C)cc(C(N)=O)c3O)CC2)c(O)c(C(N)=O)c1. The number of nitrogens with zero attached hydrogens (tertiary/aromatic N) is 3. The van der Waals surface area contributed by atoms with E-state index in [1.54, 1.807) is 12.1 Å². The molecule has 1 heterocycles. The lowest BCUT2D eigenvalue weighted by molar-refractivity contribution is 0.0988. The fraction of sp³-hybridized carbons (Fsp3) is 0.394. The summed E-state index contributed by atoms with van der Waals surface area (Å²) in [5.41, 5.74) is 15.7. The number of aromatic hydroxyl groups is 2. The smallest absolute Gasteiger partial charge is 0.252 e. The van der Waals surface area contributed by atoms with Crippen molar-refractivity contribution in [2.45, 2.75) is 46.3 Å². The van der Waals surface area contributed by atoms with Gasteiger partial charge in [0.15, 0.2) is 0 Å². The van der Waals surface area contributed by atoms with Crippen LogP contribution in [0.3, 0.4) is 0 Å². The number of primary amides is 2. The normalized spacial score (nSPS) is 16.1. The summed E-state index contributed by atoms with van der Waals surface area (Å²) in [6.07, 6.45) is 1.89. The van der Waals surface area contributed by atoms with E-state index in [9.17, 15) is 19.8 Å². The third-order valence-electron chi connectivity index (χ3n) is 7.86. The van der Waals surface area contributed by atoms with Crippen molar-refractivity contribution in [3.63, 3.8) is 0 Å². The quantitative estimate of drug-likeness (QED) is 0.324. The molecule has 3 aromatic carbocycles. The Morgan fingerprint density at radius 1 is 0.643 bits per heavy atom. The molecule has 4 rings (SSSR count). The largest absolute Gasteiger partial charge is 0.507 e. The van der Waals surface area contributed by atoms with Gasteiger partial charge in [-0.1, -0.05) is 42.5 Å². The Kier molecular flexibility index (Phi) is 10.6. The number of carbonyl (C=O) groups is 2. The number of nitrogens with two attached hydrogens (primary N) is 2. The van der Waals surface area contributed by atoms with Crippen molar-refractivity contribution in [1.29, 1.82) is 0 Å². The molecule has 0 saturated carbocycles. The van der Waals surface area contributed by atoms with E-state index in [4.69, 9.17) is 11.5 Å². The molecule has 3 aromatic rings. The highest BCUT2D eigenvalue weighted by Crippen LogP contribution is 2.27. The molecule has 0 spiro atoms. The van der Waals surface area contributed by atoms with Crippen molar-refractivity contribution in [3.05, 3.63) is 93.5 Å². The third kappa shape index (κ3) is 8.31. The van der Waals surface area contributed by atoms with Crippen molar-refractivity contribution >= 4 is 11.8 Å². The van der Waals surface area contributed by atoms with Crippen LogP contribution in [0.4, 0.5) is 0 Å². The zero-order chi connectivity index (χ0) is 30.2. The highest BCUT2D eigenvalue weighted by Gasteiger charge is 2.20. The highest BCUT2D eigenvalue weighted by molar-refractivity contribution is 5.96. The van der Waals surface area contributed by atoms with Crippen LogP contribution in [-0.4, -0.2) is 76.0 Å². The number of rotatable bonds is 8. The average Bonchev–Trinajstić information content (AvgIpc) is 2.98. The van der Waals surface area contributed by atoms with Crippen LogP contribution < -0.4 is 11.5 Å². The summed E-state index contributed by atoms with van der Waals surface area (Å²) in [7, 11) is 0. The summed E-state index contributed by atoms with van der Waals surface area (Å²) in [6.45, 7) is 10.5. The Labute approximate surface area is 248 Å². The Morgan fingerprint density at radius 2 is 1.05 bits per heavy atom. The Balaban J connectivity index is 1.58. The molecule has 0 aliphatic carbocycles. The van der Waals surface area contributed by atoms with E-state index in [-0.39, 0.29) is 22.6 Å². The maximum absolute atomic E-state index is 11.9. The topological polar surface area (TPSA) is 136 Å². The van der Waals surface area contributed by atoms with E-state index in [2.05, 4.69) is 39.0 Å². The summed E-state index contributed by atoms with van der Waals surface area (Å²) in [5, 5.41) is 21.7. The van der Waals surface area contributed by atoms with Crippen molar-refractivity contribution in [2.24, 2.45) is 11.5 Å². The standard InChI is InChI=1S/C33H43N5O4/c1-23-16-26(30(39)28(18-23)32(34)41)21-37-12-6-10-36(20-25-8-4-3-5-9-25)11-7-13-38(15-14-37)22-27-17-24(2)19-29(31(27)40)33(35)42/h3-5,8-9,16-19,39-40H,6-7,10-15,20-22H2,1-2H3,(H2,34,41)(H2,35,42). The van der Waals surface area contributed by atoms with Gasteiger partial charge in [-0.2, -0.15) is 0 Å². The Hall–Kier alpha value is -3.92. The van der Waals surface area contributed by atoms with E-state index < -0.39 is 11.8 Å². The summed E-state index contributed by atoms with van der Waals surface area (Å²) in [4.78, 5) is 31.0. The lowest BCUT2D eigenvalue weighted by atomic mass is 10.0. The van der Waals surface area contributed by atoms with Gasteiger partial charge in [-0.3, -0.25) is 24.3 Å². The van der Waals surface area contributed by atoms with Gasteiger partial charge in [0.05, 0.1) is 11.1 Å². The van der Waals surface area contributed by atoms with E-state index in [1.807, 2.05) is 32.0 Å². The van der Waals surface area contributed by atoms with E-state index in [1.165, 1.54) is 5.56 Å². The van der Waals surface area contributed by atoms with E-state index >= 15 is 0 Å². The van der Waals surface area contributed by atoms with Crippen molar-refractivity contribution in [3.8, 4) is 11.5 Å². The molecule has 224 valence electrons. The highest BCUT2D eigenvalue weighted by atomic mass is 16.3. The van der Waals surface area contributed by atoms with Crippen LogP contribution in [0.15, 0.2) is 54.6 Å². The van der Waals surface area contributed by atoms with Gasteiger partial charge in [-0.25, -0.2) is 0 Å². The summed E-state index contributed by atoms with van der Waals surface area (Å²) in [5.74, 6) is -1.42. The Morgan fingerprint density at radius 3 is 1.45 bits per heavy atom. The molecule has 0 unspecified atom stereocenters. The van der Waals surface area contributed by atoms with Crippen LogP contribution in [0.2, 0.25) is 0 Å². The van der Waals surface area contributed by atoms with Crippen LogP contribution in [0, 0.1) is 13.8 Å². The first-order valence-electron chi connectivity index (χ1n) is 14.6. The predicted octanol–water partition coefficient (Wildman–Crippen LogP) is 3.51. The molecule has 1 fully saturated rings. The number of phenols is 2. The number of carbonyl (C=O) groups excluding carboxylic acids is 2. The zero-order valence-electron chi connectivity index (χ0n) is 24.7. The van der Waals surface area contributed by atoms with Crippen LogP contribution in [-0.2, 0) is 19.6 Å². The molecule has 1 saturated heterocycles. The number of aryl methyl sites for hydroxylation is 2. The molecule has 42 heavy (non-hydrogen) atoms. The monoisotopic (exact) mass is 573 g/mol. The minimum atomic E-state index is -0.647. The number of hydrogen-bond acceptors (Lipinski definition) is 7. The second kappa shape index (κ2) is 14.3. The fourth-order valence-electron chi connectivity index (χ4n) is 5.78. The molecular weight excluding hydrogens is 530 g/mol. The van der Waals surface area contributed by atoms with Gasteiger partial charge < -0.3 is 21.7 Å². The van der Waals surface area contributed by atoms with Gasteiger partial charge in [0, 0.05) is 43.9 Å².